The van der Waals surface area contributed by atoms with Gasteiger partial charge in [0.2, 0.25) is 5.89 Å². The molecule has 7 nitrogen and oxygen atoms in total. The summed E-state index contributed by atoms with van der Waals surface area (Å²) < 4.78 is 5.06. The molecule has 3 rings (SSSR count). The van der Waals surface area contributed by atoms with Crippen LogP contribution in [0.2, 0.25) is 0 Å². The average molecular weight is 316 g/mol. The quantitative estimate of drug-likeness (QED) is 0.903. The predicted molar refractivity (Wildman–Crippen MR) is 87.4 cm³/mol. The number of hydrogen-bond donors (Lipinski definition) is 1. The number of aryl methyl sites for hydroxylation is 2. The van der Waals surface area contributed by atoms with Crippen LogP contribution in [0.3, 0.4) is 0 Å². The van der Waals surface area contributed by atoms with Gasteiger partial charge in [0.05, 0.1) is 12.2 Å². The van der Waals surface area contributed by atoms with Gasteiger partial charge in [-0.25, -0.2) is 9.97 Å². The number of piperidine rings is 1. The lowest BCUT2D eigenvalue weighted by Crippen LogP contribution is -2.30. The van der Waals surface area contributed by atoms with E-state index in [0.29, 0.717) is 24.2 Å². The fourth-order valence-corrected chi connectivity index (χ4v) is 2.98. The summed E-state index contributed by atoms with van der Waals surface area (Å²) in [7, 11) is 0. The zero-order valence-corrected chi connectivity index (χ0v) is 14.0. The van der Waals surface area contributed by atoms with Gasteiger partial charge in [0.1, 0.15) is 11.6 Å². The van der Waals surface area contributed by atoms with E-state index in [-0.39, 0.29) is 0 Å². The average Bonchev–Trinajstić information content (AvgIpc) is 2.98. The Morgan fingerprint density at radius 2 is 2.17 bits per heavy atom. The maximum absolute atomic E-state index is 5.06. The SMILES string of the molecule is CCN(Cc1noc(C)n1)c1cc(C2CCCNC2)nc(C)n1. The van der Waals surface area contributed by atoms with Crippen molar-refractivity contribution >= 4 is 5.82 Å². The lowest BCUT2D eigenvalue weighted by molar-refractivity contribution is 0.387. The van der Waals surface area contributed by atoms with Gasteiger partial charge in [0.15, 0.2) is 5.82 Å². The van der Waals surface area contributed by atoms with E-state index in [4.69, 9.17) is 4.52 Å². The molecule has 0 saturated carbocycles. The van der Waals surface area contributed by atoms with E-state index in [0.717, 1.165) is 37.0 Å². The van der Waals surface area contributed by atoms with Crippen molar-refractivity contribution in [2.75, 3.05) is 24.5 Å². The Balaban J connectivity index is 1.83. The normalized spacial score (nSPS) is 18.1. The van der Waals surface area contributed by atoms with Gasteiger partial charge in [-0.3, -0.25) is 0 Å². The number of anilines is 1. The van der Waals surface area contributed by atoms with Crippen molar-refractivity contribution in [3.05, 3.63) is 29.3 Å². The van der Waals surface area contributed by atoms with Crippen LogP contribution in [0.5, 0.6) is 0 Å². The van der Waals surface area contributed by atoms with Gasteiger partial charge in [-0.15, -0.1) is 0 Å². The summed E-state index contributed by atoms with van der Waals surface area (Å²) in [6.45, 7) is 9.37. The largest absolute Gasteiger partial charge is 0.349 e. The second kappa shape index (κ2) is 7.04. The molecule has 2 aromatic heterocycles. The Bertz CT molecular complexity index is 650. The molecule has 1 saturated heterocycles. The molecule has 1 unspecified atom stereocenters. The maximum Gasteiger partial charge on any atom is 0.223 e. The summed E-state index contributed by atoms with van der Waals surface area (Å²) in [6.07, 6.45) is 2.38. The zero-order chi connectivity index (χ0) is 16.2. The smallest absolute Gasteiger partial charge is 0.223 e. The van der Waals surface area contributed by atoms with E-state index in [9.17, 15) is 0 Å². The lowest BCUT2D eigenvalue weighted by atomic mass is 9.96. The number of aromatic nitrogens is 4. The maximum atomic E-state index is 5.06. The molecule has 7 heteroatoms. The monoisotopic (exact) mass is 316 g/mol. The van der Waals surface area contributed by atoms with E-state index in [1.807, 2.05) is 6.92 Å². The number of rotatable bonds is 5. The first-order chi connectivity index (χ1) is 11.2. The molecule has 1 atom stereocenters. The number of nitrogens with zero attached hydrogens (tertiary/aromatic N) is 5. The Hall–Kier alpha value is -2.02. The van der Waals surface area contributed by atoms with Crippen LogP contribution in [0, 0.1) is 13.8 Å². The zero-order valence-electron chi connectivity index (χ0n) is 14.0. The van der Waals surface area contributed by atoms with Crippen LogP contribution in [-0.2, 0) is 6.54 Å². The van der Waals surface area contributed by atoms with E-state index in [1.54, 1.807) is 6.92 Å². The molecule has 0 aromatic carbocycles. The van der Waals surface area contributed by atoms with E-state index in [2.05, 4.69) is 43.3 Å². The van der Waals surface area contributed by atoms with E-state index in [1.165, 1.54) is 12.8 Å². The van der Waals surface area contributed by atoms with Gasteiger partial charge >= 0.3 is 0 Å². The second-order valence-electron chi connectivity index (χ2n) is 5.99. The third kappa shape index (κ3) is 3.85. The topological polar surface area (TPSA) is 80.0 Å². The van der Waals surface area contributed by atoms with Crippen molar-refractivity contribution in [2.45, 2.75) is 46.1 Å². The molecule has 23 heavy (non-hydrogen) atoms. The summed E-state index contributed by atoms with van der Waals surface area (Å²) >= 11 is 0. The summed E-state index contributed by atoms with van der Waals surface area (Å²) in [5.41, 5.74) is 1.13. The Kier molecular flexibility index (Phi) is 4.85. The molecule has 124 valence electrons. The molecule has 0 bridgehead atoms. The van der Waals surface area contributed by atoms with Gasteiger partial charge in [-0.05, 0) is 33.2 Å². The molecule has 1 fully saturated rings. The minimum Gasteiger partial charge on any atom is -0.349 e. The van der Waals surface area contributed by atoms with Gasteiger partial charge < -0.3 is 14.7 Å². The first kappa shape index (κ1) is 15.9. The molecule has 1 N–H and O–H groups in total. The minimum atomic E-state index is 0.468. The van der Waals surface area contributed by atoms with Crippen LogP contribution >= 0.6 is 0 Å². The fraction of sp³-hybridized carbons (Fsp3) is 0.625. The summed E-state index contributed by atoms with van der Waals surface area (Å²) in [4.78, 5) is 15.7. The van der Waals surface area contributed by atoms with Crippen LogP contribution in [0.1, 0.15) is 48.9 Å². The van der Waals surface area contributed by atoms with E-state index < -0.39 is 0 Å². The van der Waals surface area contributed by atoms with Gasteiger partial charge in [0, 0.05) is 32.0 Å². The van der Waals surface area contributed by atoms with Crippen molar-refractivity contribution in [3.8, 4) is 0 Å². The first-order valence-electron chi connectivity index (χ1n) is 8.26. The van der Waals surface area contributed by atoms with Crippen LogP contribution in [0.25, 0.3) is 0 Å². The molecule has 3 heterocycles. The Morgan fingerprint density at radius 3 is 2.83 bits per heavy atom. The summed E-state index contributed by atoms with van der Waals surface area (Å²) in [5.74, 6) is 3.48. The highest BCUT2D eigenvalue weighted by atomic mass is 16.5. The van der Waals surface area contributed by atoms with Crippen molar-refractivity contribution in [3.63, 3.8) is 0 Å². The van der Waals surface area contributed by atoms with Crippen LogP contribution in [0.4, 0.5) is 5.82 Å². The molecule has 0 radical (unpaired) electrons. The minimum absolute atomic E-state index is 0.468. The number of hydrogen-bond acceptors (Lipinski definition) is 7. The molecular formula is C16H24N6O. The first-order valence-corrected chi connectivity index (χ1v) is 8.26. The van der Waals surface area contributed by atoms with E-state index >= 15 is 0 Å². The number of nitrogens with one attached hydrogen (secondary N) is 1. The predicted octanol–water partition coefficient (Wildman–Crippen LogP) is 1.97. The third-order valence-corrected chi connectivity index (χ3v) is 4.17. The Morgan fingerprint density at radius 1 is 1.30 bits per heavy atom. The highest BCUT2D eigenvalue weighted by Crippen LogP contribution is 2.25. The van der Waals surface area contributed by atoms with Crippen LogP contribution in [-0.4, -0.2) is 39.7 Å². The Labute approximate surface area is 136 Å². The lowest BCUT2D eigenvalue weighted by Gasteiger charge is -2.25. The van der Waals surface area contributed by atoms with Crippen molar-refractivity contribution in [1.82, 2.24) is 25.4 Å². The standard InChI is InChI=1S/C16H24N6O/c1-4-22(10-15-20-12(3)23-21-15)16-8-14(18-11(2)19-16)13-6-5-7-17-9-13/h8,13,17H,4-7,9-10H2,1-3H3. The molecule has 0 amide bonds. The van der Waals surface area contributed by atoms with Gasteiger partial charge in [0.25, 0.3) is 0 Å². The van der Waals surface area contributed by atoms with Gasteiger partial charge in [-0.2, -0.15) is 4.98 Å². The van der Waals surface area contributed by atoms with Crippen molar-refractivity contribution < 1.29 is 4.52 Å². The van der Waals surface area contributed by atoms with Gasteiger partial charge in [-0.1, -0.05) is 5.16 Å². The highest BCUT2D eigenvalue weighted by Gasteiger charge is 2.19. The summed E-state index contributed by atoms with van der Waals surface area (Å²) in [5, 5.41) is 7.43. The van der Waals surface area contributed by atoms with Crippen molar-refractivity contribution in [1.29, 1.82) is 0 Å². The fourth-order valence-electron chi connectivity index (χ4n) is 2.98. The highest BCUT2D eigenvalue weighted by molar-refractivity contribution is 5.40. The molecule has 2 aromatic rings. The summed E-state index contributed by atoms with van der Waals surface area (Å²) in [6, 6.07) is 2.11. The molecule has 1 aliphatic heterocycles. The molecule has 0 spiro atoms. The second-order valence-corrected chi connectivity index (χ2v) is 5.99. The molecule has 0 aliphatic carbocycles. The molecule has 1 aliphatic rings. The van der Waals surface area contributed by atoms with Crippen LogP contribution in [0.15, 0.2) is 10.6 Å². The third-order valence-electron chi connectivity index (χ3n) is 4.17. The van der Waals surface area contributed by atoms with Crippen LogP contribution < -0.4 is 10.2 Å². The van der Waals surface area contributed by atoms with Crippen molar-refractivity contribution in [2.24, 2.45) is 0 Å². The molecular weight excluding hydrogens is 292 g/mol.